The molecule has 1 rings (SSSR count). The zero-order valence-corrected chi connectivity index (χ0v) is 10.9. The highest BCUT2D eigenvalue weighted by atomic mass is 19.4. The quantitative estimate of drug-likeness (QED) is 0.846. The molecule has 20 heavy (non-hydrogen) atoms. The standard InChI is InChI=1S/C13H16F3NO3/c1-2-9(18)7-8-17-12(19)10-5-3-4-6-11(10)20-13(14,15)16/h3-6,9,18H,2,7-8H2,1H3,(H,17,19). The summed E-state index contributed by atoms with van der Waals surface area (Å²) in [5.41, 5.74) is -0.198. The maximum absolute atomic E-state index is 12.2. The minimum atomic E-state index is -4.85. The maximum Gasteiger partial charge on any atom is 0.573 e. The number of aliphatic hydroxyl groups is 1. The van der Waals surface area contributed by atoms with E-state index in [1.165, 1.54) is 18.2 Å². The molecule has 1 unspecified atom stereocenters. The summed E-state index contributed by atoms with van der Waals surface area (Å²) in [5, 5.41) is 11.8. The first kappa shape index (κ1) is 16.3. The number of rotatable bonds is 6. The number of hydrogen-bond acceptors (Lipinski definition) is 3. The second kappa shape index (κ2) is 7.14. The third-order valence-electron chi connectivity index (χ3n) is 2.59. The van der Waals surface area contributed by atoms with Crippen LogP contribution in [0.3, 0.4) is 0 Å². The average Bonchev–Trinajstić information content (AvgIpc) is 2.37. The van der Waals surface area contributed by atoms with E-state index >= 15 is 0 Å². The highest BCUT2D eigenvalue weighted by Crippen LogP contribution is 2.26. The highest BCUT2D eigenvalue weighted by Gasteiger charge is 2.32. The zero-order valence-electron chi connectivity index (χ0n) is 10.9. The lowest BCUT2D eigenvalue weighted by molar-refractivity contribution is -0.274. The highest BCUT2D eigenvalue weighted by molar-refractivity contribution is 5.96. The normalized spacial score (nSPS) is 12.8. The van der Waals surface area contributed by atoms with Gasteiger partial charge in [0.15, 0.2) is 0 Å². The molecule has 0 saturated heterocycles. The Morgan fingerprint density at radius 2 is 2.05 bits per heavy atom. The van der Waals surface area contributed by atoms with Crippen molar-refractivity contribution in [1.82, 2.24) is 5.32 Å². The molecule has 0 radical (unpaired) electrons. The van der Waals surface area contributed by atoms with Crippen molar-refractivity contribution in [3.8, 4) is 5.75 Å². The first-order valence-electron chi connectivity index (χ1n) is 6.14. The minimum Gasteiger partial charge on any atom is -0.405 e. The van der Waals surface area contributed by atoms with E-state index in [0.717, 1.165) is 6.07 Å². The lowest BCUT2D eigenvalue weighted by Gasteiger charge is -2.13. The van der Waals surface area contributed by atoms with Gasteiger partial charge in [0.25, 0.3) is 5.91 Å². The van der Waals surface area contributed by atoms with Crippen LogP contribution in [-0.2, 0) is 0 Å². The number of nitrogens with one attached hydrogen (secondary N) is 1. The van der Waals surface area contributed by atoms with Gasteiger partial charge in [0.05, 0.1) is 11.7 Å². The average molecular weight is 291 g/mol. The van der Waals surface area contributed by atoms with Gasteiger partial charge in [-0.05, 0) is 25.0 Å². The van der Waals surface area contributed by atoms with E-state index < -0.39 is 24.1 Å². The van der Waals surface area contributed by atoms with Gasteiger partial charge in [0.2, 0.25) is 0 Å². The largest absolute Gasteiger partial charge is 0.573 e. The van der Waals surface area contributed by atoms with E-state index in [0.29, 0.717) is 12.8 Å². The van der Waals surface area contributed by atoms with Crippen molar-refractivity contribution in [3.05, 3.63) is 29.8 Å². The van der Waals surface area contributed by atoms with Gasteiger partial charge in [-0.25, -0.2) is 0 Å². The number of amides is 1. The molecule has 0 spiro atoms. The maximum atomic E-state index is 12.2. The van der Waals surface area contributed by atoms with Crippen LogP contribution in [0.1, 0.15) is 30.1 Å². The molecule has 2 N–H and O–H groups in total. The van der Waals surface area contributed by atoms with Crippen LogP contribution in [0.4, 0.5) is 13.2 Å². The molecular formula is C13H16F3NO3. The van der Waals surface area contributed by atoms with Crippen molar-refractivity contribution in [2.75, 3.05) is 6.54 Å². The summed E-state index contributed by atoms with van der Waals surface area (Å²) in [6, 6.07) is 5.10. The fraction of sp³-hybridized carbons (Fsp3) is 0.462. The Labute approximate surface area is 114 Å². The molecule has 112 valence electrons. The number of halogens is 3. The van der Waals surface area contributed by atoms with E-state index in [2.05, 4.69) is 10.1 Å². The van der Waals surface area contributed by atoms with Crippen LogP contribution in [0.5, 0.6) is 5.75 Å². The molecule has 0 bridgehead atoms. The van der Waals surface area contributed by atoms with Gasteiger partial charge in [-0.3, -0.25) is 4.79 Å². The Bertz CT molecular complexity index is 449. The first-order valence-corrected chi connectivity index (χ1v) is 6.14. The third kappa shape index (κ3) is 5.48. The summed E-state index contributed by atoms with van der Waals surface area (Å²) >= 11 is 0. The van der Waals surface area contributed by atoms with Gasteiger partial charge in [-0.2, -0.15) is 0 Å². The number of benzene rings is 1. The van der Waals surface area contributed by atoms with Crippen LogP contribution >= 0.6 is 0 Å². The fourth-order valence-corrected chi connectivity index (χ4v) is 1.52. The second-order valence-electron chi connectivity index (χ2n) is 4.15. The molecule has 0 aliphatic rings. The second-order valence-corrected chi connectivity index (χ2v) is 4.15. The number of aliphatic hydroxyl groups excluding tert-OH is 1. The molecule has 0 heterocycles. The smallest absolute Gasteiger partial charge is 0.405 e. The number of alkyl halides is 3. The van der Waals surface area contributed by atoms with Crippen LogP contribution in [0.2, 0.25) is 0 Å². The SMILES string of the molecule is CCC(O)CCNC(=O)c1ccccc1OC(F)(F)F. The Hall–Kier alpha value is -1.76. The molecule has 0 saturated carbocycles. The zero-order chi connectivity index (χ0) is 15.2. The van der Waals surface area contributed by atoms with E-state index in [1.807, 2.05) is 0 Å². The summed E-state index contributed by atoms with van der Waals surface area (Å²) in [6.07, 6.45) is -4.51. The molecule has 1 aromatic rings. The Kier molecular flexibility index (Phi) is 5.82. The molecule has 4 nitrogen and oxygen atoms in total. The van der Waals surface area contributed by atoms with E-state index in [4.69, 9.17) is 0 Å². The van der Waals surface area contributed by atoms with Crippen molar-refractivity contribution in [2.24, 2.45) is 0 Å². The van der Waals surface area contributed by atoms with Crippen molar-refractivity contribution in [2.45, 2.75) is 32.2 Å². The number of carbonyl (C=O) groups is 1. The molecule has 0 aliphatic heterocycles. The third-order valence-corrected chi connectivity index (χ3v) is 2.59. The van der Waals surface area contributed by atoms with E-state index in [9.17, 15) is 23.1 Å². The molecule has 1 aromatic carbocycles. The number of ether oxygens (including phenoxy) is 1. The molecule has 0 aliphatic carbocycles. The fourth-order valence-electron chi connectivity index (χ4n) is 1.52. The summed E-state index contributed by atoms with van der Waals surface area (Å²) in [4.78, 5) is 11.8. The van der Waals surface area contributed by atoms with Crippen LogP contribution in [0.15, 0.2) is 24.3 Å². The van der Waals surface area contributed by atoms with Gasteiger partial charge in [0.1, 0.15) is 5.75 Å². The molecule has 1 atom stereocenters. The number of para-hydroxylation sites is 1. The van der Waals surface area contributed by atoms with E-state index in [1.54, 1.807) is 6.92 Å². The predicted octanol–water partition coefficient (Wildman–Crippen LogP) is 2.48. The lowest BCUT2D eigenvalue weighted by Crippen LogP contribution is -2.28. The van der Waals surface area contributed by atoms with Crippen LogP contribution in [0, 0.1) is 0 Å². The number of carbonyl (C=O) groups excluding carboxylic acids is 1. The Morgan fingerprint density at radius 3 is 2.65 bits per heavy atom. The van der Waals surface area contributed by atoms with Gasteiger partial charge in [-0.1, -0.05) is 19.1 Å². The molecule has 7 heteroatoms. The van der Waals surface area contributed by atoms with Crippen LogP contribution in [-0.4, -0.2) is 30.0 Å². The molecule has 1 amide bonds. The Morgan fingerprint density at radius 1 is 1.40 bits per heavy atom. The van der Waals surface area contributed by atoms with Crippen molar-refractivity contribution >= 4 is 5.91 Å². The van der Waals surface area contributed by atoms with Gasteiger partial charge in [-0.15, -0.1) is 13.2 Å². The predicted molar refractivity (Wildman–Crippen MR) is 66.4 cm³/mol. The van der Waals surface area contributed by atoms with Gasteiger partial charge < -0.3 is 15.2 Å². The molecule has 0 fully saturated rings. The summed E-state index contributed by atoms with van der Waals surface area (Å²) in [6.45, 7) is 1.97. The van der Waals surface area contributed by atoms with Gasteiger partial charge >= 0.3 is 6.36 Å². The van der Waals surface area contributed by atoms with Crippen molar-refractivity contribution in [1.29, 1.82) is 0 Å². The van der Waals surface area contributed by atoms with Crippen LogP contribution in [0.25, 0.3) is 0 Å². The minimum absolute atomic E-state index is 0.175. The molecule has 0 aromatic heterocycles. The summed E-state index contributed by atoms with van der Waals surface area (Å²) in [5.74, 6) is -1.22. The lowest BCUT2D eigenvalue weighted by atomic mass is 10.1. The van der Waals surface area contributed by atoms with Crippen LogP contribution < -0.4 is 10.1 Å². The molecular weight excluding hydrogens is 275 g/mol. The van der Waals surface area contributed by atoms with E-state index in [-0.39, 0.29) is 12.1 Å². The topological polar surface area (TPSA) is 58.6 Å². The van der Waals surface area contributed by atoms with Crippen molar-refractivity contribution in [3.63, 3.8) is 0 Å². The van der Waals surface area contributed by atoms with Gasteiger partial charge in [0, 0.05) is 6.54 Å². The van der Waals surface area contributed by atoms with Crippen molar-refractivity contribution < 1.29 is 27.8 Å². The summed E-state index contributed by atoms with van der Waals surface area (Å²) < 4.78 is 40.4. The summed E-state index contributed by atoms with van der Waals surface area (Å²) in [7, 11) is 0. The number of hydrogen-bond donors (Lipinski definition) is 2. The Balaban J connectivity index is 2.68. The monoisotopic (exact) mass is 291 g/mol. The first-order chi connectivity index (χ1) is 9.33.